The highest BCUT2D eigenvalue weighted by Crippen LogP contribution is 2.15. The molecule has 2 N–H and O–H groups in total. The molecule has 1 heterocycles. The molecule has 2 aromatic carbocycles. The van der Waals surface area contributed by atoms with Crippen molar-refractivity contribution in [3.63, 3.8) is 0 Å². The predicted octanol–water partition coefficient (Wildman–Crippen LogP) is 4.53. The Morgan fingerprint density at radius 3 is 2.31 bits per heavy atom. The van der Waals surface area contributed by atoms with Gasteiger partial charge in [-0.3, -0.25) is 9.59 Å². The lowest BCUT2D eigenvalue weighted by molar-refractivity contribution is 0.0951. The maximum absolute atomic E-state index is 12.3. The summed E-state index contributed by atoms with van der Waals surface area (Å²) in [5.74, 6) is -0.0256. The quantitative estimate of drug-likeness (QED) is 0.675. The van der Waals surface area contributed by atoms with Crippen molar-refractivity contribution in [3.8, 4) is 0 Å². The summed E-state index contributed by atoms with van der Waals surface area (Å²) in [7, 11) is 0. The number of carbonyl (C=O) groups excluding carboxylic acids is 2. The number of amides is 2. The Bertz CT molecular complexity index is 859. The average Bonchev–Trinajstić information content (AvgIpc) is 3.22. The first-order valence-electron chi connectivity index (χ1n) is 8.41. The highest BCUT2D eigenvalue weighted by molar-refractivity contribution is 7.12. The molecule has 0 bridgehead atoms. The van der Waals surface area contributed by atoms with Gasteiger partial charge in [-0.25, -0.2) is 0 Å². The second-order valence-electron chi connectivity index (χ2n) is 6.03. The topological polar surface area (TPSA) is 58.2 Å². The van der Waals surface area contributed by atoms with Gasteiger partial charge in [0.1, 0.15) is 0 Å². The third kappa shape index (κ3) is 4.58. The number of hydrogen-bond acceptors (Lipinski definition) is 3. The fraction of sp³-hybridized carbons (Fsp3) is 0.143. The van der Waals surface area contributed by atoms with Gasteiger partial charge in [-0.15, -0.1) is 11.3 Å². The van der Waals surface area contributed by atoms with Crippen molar-refractivity contribution < 1.29 is 9.59 Å². The Labute approximate surface area is 156 Å². The van der Waals surface area contributed by atoms with E-state index in [4.69, 9.17) is 0 Å². The molecule has 4 nitrogen and oxygen atoms in total. The lowest BCUT2D eigenvalue weighted by Crippen LogP contribution is -2.27. The summed E-state index contributed by atoms with van der Waals surface area (Å²) in [6.45, 7) is 2.65. The van der Waals surface area contributed by atoms with Crippen molar-refractivity contribution in [1.29, 1.82) is 0 Å². The second kappa shape index (κ2) is 8.45. The number of hydrogen-bond donors (Lipinski definition) is 2. The molecular weight excluding hydrogens is 344 g/mol. The second-order valence-corrected chi connectivity index (χ2v) is 6.98. The monoisotopic (exact) mass is 364 g/mol. The van der Waals surface area contributed by atoms with E-state index in [-0.39, 0.29) is 17.7 Å². The maximum atomic E-state index is 12.3. The summed E-state index contributed by atoms with van der Waals surface area (Å²) >= 11 is 1.39. The molecule has 2 amide bonds. The Morgan fingerprint density at radius 1 is 0.923 bits per heavy atom. The number of anilines is 1. The first kappa shape index (κ1) is 17.9. The minimum absolute atomic E-state index is 0.121. The third-order valence-electron chi connectivity index (χ3n) is 4.09. The van der Waals surface area contributed by atoms with Crippen molar-refractivity contribution in [2.45, 2.75) is 12.8 Å². The van der Waals surface area contributed by atoms with Crippen LogP contribution in [-0.2, 0) is 0 Å². The van der Waals surface area contributed by atoms with Gasteiger partial charge in [0.15, 0.2) is 0 Å². The standard InChI is InChI=1S/C21H20N2O2S/c1-15(16-6-3-2-4-7-16)14-22-20(24)17-9-11-18(12-10-17)23-21(25)19-8-5-13-26-19/h2-13,15H,14H2,1H3,(H,22,24)(H,23,25). The molecular formula is C21H20N2O2S. The number of rotatable bonds is 6. The average molecular weight is 364 g/mol. The number of nitrogens with one attached hydrogen (secondary N) is 2. The normalized spacial score (nSPS) is 11.6. The minimum atomic E-state index is -0.145. The van der Waals surface area contributed by atoms with E-state index in [0.29, 0.717) is 22.7 Å². The lowest BCUT2D eigenvalue weighted by Gasteiger charge is -2.13. The third-order valence-corrected chi connectivity index (χ3v) is 4.96. The molecule has 0 aliphatic rings. The van der Waals surface area contributed by atoms with Crippen LogP contribution in [0.2, 0.25) is 0 Å². The van der Waals surface area contributed by atoms with E-state index in [2.05, 4.69) is 29.7 Å². The Morgan fingerprint density at radius 2 is 1.65 bits per heavy atom. The van der Waals surface area contributed by atoms with Crippen molar-refractivity contribution in [1.82, 2.24) is 5.32 Å². The SMILES string of the molecule is CC(CNC(=O)c1ccc(NC(=O)c2cccs2)cc1)c1ccccc1. The molecule has 0 fully saturated rings. The van der Waals surface area contributed by atoms with E-state index in [0.717, 1.165) is 0 Å². The van der Waals surface area contributed by atoms with Crippen LogP contribution in [0.1, 0.15) is 38.4 Å². The molecule has 0 saturated carbocycles. The predicted molar refractivity (Wildman–Crippen MR) is 106 cm³/mol. The van der Waals surface area contributed by atoms with Gasteiger partial charge in [-0.05, 0) is 47.2 Å². The van der Waals surface area contributed by atoms with Gasteiger partial charge in [-0.2, -0.15) is 0 Å². The molecule has 26 heavy (non-hydrogen) atoms. The van der Waals surface area contributed by atoms with Crippen LogP contribution < -0.4 is 10.6 Å². The van der Waals surface area contributed by atoms with Gasteiger partial charge in [-0.1, -0.05) is 43.3 Å². The van der Waals surface area contributed by atoms with E-state index < -0.39 is 0 Å². The Hall–Kier alpha value is -2.92. The molecule has 0 aliphatic heterocycles. The van der Waals surface area contributed by atoms with Crippen molar-refractivity contribution in [3.05, 3.63) is 88.1 Å². The zero-order valence-electron chi connectivity index (χ0n) is 14.4. The van der Waals surface area contributed by atoms with Crippen LogP contribution >= 0.6 is 11.3 Å². The zero-order valence-corrected chi connectivity index (χ0v) is 15.3. The van der Waals surface area contributed by atoms with E-state index in [1.54, 1.807) is 30.3 Å². The maximum Gasteiger partial charge on any atom is 0.265 e. The molecule has 5 heteroatoms. The molecule has 0 aliphatic carbocycles. The van der Waals surface area contributed by atoms with Crippen molar-refractivity contribution in [2.24, 2.45) is 0 Å². The van der Waals surface area contributed by atoms with E-state index in [1.165, 1.54) is 16.9 Å². The van der Waals surface area contributed by atoms with E-state index in [9.17, 15) is 9.59 Å². The number of benzene rings is 2. The van der Waals surface area contributed by atoms with Crippen LogP contribution in [0, 0.1) is 0 Å². The summed E-state index contributed by atoms with van der Waals surface area (Å²) in [6.07, 6.45) is 0. The van der Waals surface area contributed by atoms with Crippen LogP contribution in [0.4, 0.5) is 5.69 Å². The summed E-state index contributed by atoms with van der Waals surface area (Å²) in [6, 6.07) is 20.6. The minimum Gasteiger partial charge on any atom is -0.351 e. The molecule has 1 unspecified atom stereocenters. The van der Waals surface area contributed by atoms with Gasteiger partial charge in [0, 0.05) is 17.8 Å². The van der Waals surface area contributed by atoms with Gasteiger partial charge in [0.2, 0.25) is 0 Å². The van der Waals surface area contributed by atoms with Gasteiger partial charge >= 0.3 is 0 Å². The summed E-state index contributed by atoms with van der Waals surface area (Å²) in [5, 5.41) is 7.64. The Balaban J connectivity index is 1.54. The zero-order chi connectivity index (χ0) is 18.4. The number of carbonyl (C=O) groups is 2. The molecule has 1 aromatic heterocycles. The fourth-order valence-electron chi connectivity index (χ4n) is 2.55. The molecule has 1 atom stereocenters. The molecule has 3 rings (SSSR count). The molecule has 0 radical (unpaired) electrons. The van der Waals surface area contributed by atoms with Gasteiger partial charge < -0.3 is 10.6 Å². The summed E-state index contributed by atoms with van der Waals surface area (Å²) in [4.78, 5) is 25.0. The highest BCUT2D eigenvalue weighted by Gasteiger charge is 2.10. The van der Waals surface area contributed by atoms with Crippen LogP contribution in [0.3, 0.4) is 0 Å². The molecule has 0 spiro atoms. The van der Waals surface area contributed by atoms with E-state index >= 15 is 0 Å². The molecule has 3 aromatic rings. The van der Waals surface area contributed by atoms with Crippen molar-refractivity contribution in [2.75, 3.05) is 11.9 Å². The largest absolute Gasteiger partial charge is 0.351 e. The van der Waals surface area contributed by atoms with E-state index in [1.807, 2.05) is 29.6 Å². The van der Waals surface area contributed by atoms with Gasteiger partial charge in [0.05, 0.1) is 4.88 Å². The van der Waals surface area contributed by atoms with Crippen LogP contribution in [-0.4, -0.2) is 18.4 Å². The lowest BCUT2D eigenvalue weighted by atomic mass is 10.0. The van der Waals surface area contributed by atoms with Crippen LogP contribution in [0.15, 0.2) is 72.1 Å². The summed E-state index contributed by atoms with van der Waals surface area (Å²) < 4.78 is 0. The van der Waals surface area contributed by atoms with Crippen LogP contribution in [0.5, 0.6) is 0 Å². The number of thiophene rings is 1. The molecule has 0 saturated heterocycles. The van der Waals surface area contributed by atoms with Crippen LogP contribution in [0.25, 0.3) is 0 Å². The fourth-order valence-corrected chi connectivity index (χ4v) is 3.17. The highest BCUT2D eigenvalue weighted by atomic mass is 32.1. The first-order valence-corrected chi connectivity index (χ1v) is 9.29. The van der Waals surface area contributed by atoms with Gasteiger partial charge in [0.25, 0.3) is 11.8 Å². The first-order chi connectivity index (χ1) is 12.6. The molecule has 132 valence electrons. The summed E-state index contributed by atoms with van der Waals surface area (Å²) in [5.41, 5.74) is 2.43. The Kier molecular flexibility index (Phi) is 5.81. The van der Waals surface area contributed by atoms with Crippen molar-refractivity contribution >= 4 is 28.8 Å². The smallest absolute Gasteiger partial charge is 0.265 e.